The van der Waals surface area contributed by atoms with Gasteiger partial charge in [0, 0.05) is 22.2 Å². The molecule has 1 aliphatic carbocycles. The number of hydrogen-bond acceptors (Lipinski definition) is 6. The predicted molar refractivity (Wildman–Crippen MR) is 92.7 cm³/mol. The van der Waals surface area contributed by atoms with Crippen molar-refractivity contribution in [2.75, 3.05) is 11.6 Å². The topological polar surface area (TPSA) is 55.1 Å². The van der Waals surface area contributed by atoms with Crippen molar-refractivity contribution in [3.8, 4) is 11.4 Å². The minimum absolute atomic E-state index is 0.517. The van der Waals surface area contributed by atoms with Crippen molar-refractivity contribution in [3.05, 3.63) is 29.0 Å². The summed E-state index contributed by atoms with van der Waals surface area (Å²) >= 11 is 3.62. The lowest BCUT2D eigenvalue weighted by Crippen LogP contribution is -2.17. The average Bonchev–Trinajstić information content (AvgIpc) is 3.27. The van der Waals surface area contributed by atoms with E-state index in [4.69, 9.17) is 0 Å². The Hall–Kier alpha value is -1.60. The van der Waals surface area contributed by atoms with Gasteiger partial charge < -0.3 is 5.32 Å². The molecule has 3 aromatic rings. The molecule has 2 atom stereocenters. The van der Waals surface area contributed by atoms with Crippen molar-refractivity contribution in [2.45, 2.75) is 30.6 Å². The highest BCUT2D eigenvalue weighted by atomic mass is 32.2. The third-order valence-corrected chi connectivity index (χ3v) is 5.89. The molecule has 114 valence electrons. The molecule has 0 spiro atoms. The van der Waals surface area contributed by atoms with E-state index in [0.717, 1.165) is 28.1 Å². The highest BCUT2D eigenvalue weighted by molar-refractivity contribution is 7.99. The number of thioether (sulfide) groups is 1. The number of fused-ring (bicyclic) bond motifs is 1. The maximum atomic E-state index is 4.68. The molecule has 1 fully saturated rings. The fraction of sp³-hybridized carbons (Fsp3) is 0.400. The van der Waals surface area contributed by atoms with E-state index in [2.05, 4.69) is 32.2 Å². The fourth-order valence-corrected chi connectivity index (χ4v) is 4.36. The van der Waals surface area contributed by atoms with Crippen molar-refractivity contribution in [2.24, 2.45) is 0 Å². The fourth-order valence-electron chi connectivity index (χ4n) is 2.93. The van der Waals surface area contributed by atoms with Gasteiger partial charge in [0.05, 0.1) is 0 Å². The molecule has 0 amide bonds. The van der Waals surface area contributed by atoms with Crippen LogP contribution in [0.15, 0.2) is 29.0 Å². The summed E-state index contributed by atoms with van der Waals surface area (Å²) in [6, 6.07) is 6.53. The summed E-state index contributed by atoms with van der Waals surface area (Å²) in [5, 5.41) is 21.6. The Morgan fingerprint density at radius 2 is 2.23 bits per heavy atom. The zero-order valence-corrected chi connectivity index (χ0v) is 13.9. The van der Waals surface area contributed by atoms with Gasteiger partial charge in [0.1, 0.15) is 5.82 Å². The normalized spacial score (nSPS) is 21.5. The monoisotopic (exact) mass is 331 g/mol. The summed E-state index contributed by atoms with van der Waals surface area (Å²) < 4.78 is 1.82. The Morgan fingerprint density at radius 1 is 1.27 bits per heavy atom. The molecule has 0 aliphatic heterocycles. The van der Waals surface area contributed by atoms with Crippen molar-refractivity contribution in [1.82, 2.24) is 19.8 Å². The molecule has 1 aliphatic rings. The molecule has 3 heterocycles. The van der Waals surface area contributed by atoms with Crippen molar-refractivity contribution >= 4 is 34.6 Å². The second-order valence-electron chi connectivity index (χ2n) is 5.54. The first-order chi connectivity index (χ1) is 10.8. The van der Waals surface area contributed by atoms with E-state index in [0.29, 0.717) is 6.04 Å². The molecule has 0 aromatic carbocycles. The zero-order valence-electron chi connectivity index (χ0n) is 12.3. The quantitative estimate of drug-likeness (QED) is 0.792. The van der Waals surface area contributed by atoms with E-state index >= 15 is 0 Å². The van der Waals surface area contributed by atoms with Crippen LogP contribution < -0.4 is 5.32 Å². The molecule has 7 heteroatoms. The van der Waals surface area contributed by atoms with Gasteiger partial charge in [-0.2, -0.15) is 27.6 Å². The Kier molecular flexibility index (Phi) is 3.75. The van der Waals surface area contributed by atoms with E-state index < -0.39 is 0 Å². The lowest BCUT2D eigenvalue weighted by atomic mass is 10.2. The molecule has 5 nitrogen and oxygen atoms in total. The first-order valence-electron chi connectivity index (χ1n) is 7.38. The van der Waals surface area contributed by atoms with Gasteiger partial charge in [-0.05, 0) is 49.1 Å². The molecule has 1 saturated carbocycles. The van der Waals surface area contributed by atoms with Crippen LogP contribution in [0.1, 0.15) is 19.3 Å². The van der Waals surface area contributed by atoms with Crippen molar-refractivity contribution in [1.29, 1.82) is 0 Å². The maximum absolute atomic E-state index is 4.68. The Labute approximate surface area is 137 Å². The third kappa shape index (κ3) is 2.59. The van der Waals surface area contributed by atoms with Crippen LogP contribution in [0.5, 0.6) is 0 Å². The number of anilines is 1. The molecular formula is C15H17N5S2. The molecule has 1 N–H and O–H groups in total. The number of hydrogen-bond donors (Lipinski definition) is 1. The molecule has 3 aromatic heterocycles. The second kappa shape index (κ2) is 5.89. The van der Waals surface area contributed by atoms with Crippen LogP contribution in [0.25, 0.3) is 17.0 Å². The third-order valence-electron chi connectivity index (χ3n) is 4.11. The first-order valence-corrected chi connectivity index (χ1v) is 9.61. The van der Waals surface area contributed by atoms with Crippen LogP contribution in [0.2, 0.25) is 0 Å². The summed E-state index contributed by atoms with van der Waals surface area (Å²) in [5.74, 6) is 1.70. The van der Waals surface area contributed by atoms with E-state index in [1.165, 1.54) is 19.3 Å². The number of rotatable bonds is 4. The summed E-state index contributed by atoms with van der Waals surface area (Å²) in [4.78, 5) is 0. The van der Waals surface area contributed by atoms with Crippen LogP contribution in [-0.4, -0.2) is 37.4 Å². The maximum Gasteiger partial charge on any atom is 0.186 e. The Balaban J connectivity index is 1.61. The van der Waals surface area contributed by atoms with Crippen LogP contribution in [0.3, 0.4) is 0 Å². The number of aromatic nitrogens is 4. The SMILES string of the molecule is CSC1CCC(Nc2ccc3nnc(-c4ccsc4)n3n2)C1. The van der Waals surface area contributed by atoms with Crippen molar-refractivity contribution < 1.29 is 0 Å². The van der Waals surface area contributed by atoms with Gasteiger partial charge in [0.25, 0.3) is 0 Å². The Bertz CT molecular complexity index is 767. The van der Waals surface area contributed by atoms with Gasteiger partial charge in [0.2, 0.25) is 0 Å². The molecule has 0 bridgehead atoms. The molecule has 4 rings (SSSR count). The molecule has 0 saturated heterocycles. The highest BCUT2D eigenvalue weighted by Gasteiger charge is 2.24. The van der Waals surface area contributed by atoms with Crippen LogP contribution in [0.4, 0.5) is 5.82 Å². The lowest BCUT2D eigenvalue weighted by Gasteiger charge is -2.13. The van der Waals surface area contributed by atoms with Gasteiger partial charge in [-0.25, -0.2) is 0 Å². The largest absolute Gasteiger partial charge is 0.366 e. The van der Waals surface area contributed by atoms with E-state index in [-0.39, 0.29) is 0 Å². The summed E-state index contributed by atoms with van der Waals surface area (Å²) in [5.41, 5.74) is 1.84. The highest BCUT2D eigenvalue weighted by Crippen LogP contribution is 2.30. The van der Waals surface area contributed by atoms with Crippen LogP contribution >= 0.6 is 23.1 Å². The van der Waals surface area contributed by atoms with Gasteiger partial charge in [-0.1, -0.05) is 0 Å². The van der Waals surface area contributed by atoms with Gasteiger partial charge >= 0.3 is 0 Å². The van der Waals surface area contributed by atoms with E-state index in [9.17, 15) is 0 Å². The first kappa shape index (κ1) is 14.0. The van der Waals surface area contributed by atoms with Crippen molar-refractivity contribution in [3.63, 3.8) is 0 Å². The van der Waals surface area contributed by atoms with Crippen LogP contribution in [-0.2, 0) is 0 Å². The number of nitrogens with one attached hydrogen (secondary N) is 1. The lowest BCUT2D eigenvalue weighted by molar-refractivity contribution is 0.745. The molecular weight excluding hydrogens is 314 g/mol. The zero-order chi connectivity index (χ0) is 14.9. The predicted octanol–water partition coefficient (Wildman–Crippen LogP) is 3.55. The second-order valence-corrected chi connectivity index (χ2v) is 7.45. The molecule has 2 unspecified atom stereocenters. The molecule has 22 heavy (non-hydrogen) atoms. The standard InChI is InChI=1S/C15H17N5S2/c1-21-12-3-2-11(8-12)16-13-4-5-14-17-18-15(20(14)19-13)10-6-7-22-9-10/h4-7,9,11-12H,2-3,8H2,1H3,(H,16,19). The van der Waals surface area contributed by atoms with Gasteiger partial charge in [-0.3, -0.25) is 0 Å². The van der Waals surface area contributed by atoms with Gasteiger partial charge in [-0.15, -0.1) is 15.3 Å². The number of nitrogens with zero attached hydrogens (tertiary/aromatic N) is 4. The minimum atomic E-state index is 0.517. The van der Waals surface area contributed by atoms with E-state index in [1.54, 1.807) is 11.3 Å². The number of thiophene rings is 1. The Morgan fingerprint density at radius 3 is 3.00 bits per heavy atom. The average molecular weight is 331 g/mol. The minimum Gasteiger partial charge on any atom is -0.366 e. The summed E-state index contributed by atoms with van der Waals surface area (Å²) in [6.07, 6.45) is 5.90. The summed E-state index contributed by atoms with van der Waals surface area (Å²) in [7, 11) is 0. The van der Waals surface area contributed by atoms with Gasteiger partial charge in [0.15, 0.2) is 11.5 Å². The van der Waals surface area contributed by atoms with E-state index in [1.807, 2.05) is 39.9 Å². The smallest absolute Gasteiger partial charge is 0.186 e. The summed E-state index contributed by atoms with van der Waals surface area (Å²) in [6.45, 7) is 0. The van der Waals surface area contributed by atoms with Crippen LogP contribution in [0, 0.1) is 0 Å². The molecule has 0 radical (unpaired) electrons.